The van der Waals surface area contributed by atoms with E-state index in [4.69, 9.17) is 0 Å². The summed E-state index contributed by atoms with van der Waals surface area (Å²) >= 11 is 0. The van der Waals surface area contributed by atoms with Crippen molar-refractivity contribution in [1.82, 2.24) is 0 Å². The van der Waals surface area contributed by atoms with Crippen molar-refractivity contribution in [2.45, 2.75) is 82.9 Å². The lowest BCUT2D eigenvalue weighted by Crippen LogP contribution is -2.67. The molecule has 5 N–H and O–H groups in total. The molecule has 0 bridgehead atoms. The lowest BCUT2D eigenvalue weighted by atomic mass is 9.43. The fourth-order valence-corrected chi connectivity index (χ4v) is 7.30. The fourth-order valence-electron chi connectivity index (χ4n) is 7.30. The molecule has 0 saturated heterocycles. The summed E-state index contributed by atoms with van der Waals surface area (Å²) in [5.41, 5.74) is -0.436. The van der Waals surface area contributed by atoms with Gasteiger partial charge in [0.25, 0.3) is 0 Å². The fraction of sp³-hybridized carbons (Fsp3) is 1.00. The molecule has 4 aliphatic carbocycles. The van der Waals surface area contributed by atoms with E-state index in [9.17, 15) is 25.5 Å². The maximum Gasteiger partial charge on any atom is 0.0861 e. The zero-order valence-electron chi connectivity index (χ0n) is 14.7. The van der Waals surface area contributed by atoms with Crippen molar-refractivity contribution in [3.8, 4) is 0 Å². The van der Waals surface area contributed by atoms with E-state index in [2.05, 4.69) is 13.8 Å². The second kappa shape index (κ2) is 5.40. The van der Waals surface area contributed by atoms with Gasteiger partial charge in [0.1, 0.15) is 0 Å². The second-order valence-corrected chi connectivity index (χ2v) is 9.54. The minimum Gasteiger partial charge on any atom is -0.393 e. The SMILES string of the molecule is C[C@]12CC[C@@H](O)[C@H](O)C1[C@@H](O)[C@H](O)C1C2CC[C@@]2(C)C1CC[C@@H]2O. The Morgan fingerprint density at radius 2 is 1.29 bits per heavy atom. The van der Waals surface area contributed by atoms with Crippen LogP contribution in [0.25, 0.3) is 0 Å². The molecule has 0 aromatic rings. The van der Waals surface area contributed by atoms with Crippen molar-refractivity contribution in [2.24, 2.45) is 34.5 Å². The zero-order chi connectivity index (χ0) is 17.4. The molecule has 4 fully saturated rings. The average molecular weight is 340 g/mol. The predicted octanol–water partition coefficient (Wildman–Crippen LogP) is 0.663. The van der Waals surface area contributed by atoms with Gasteiger partial charge in [0.15, 0.2) is 0 Å². The highest BCUT2D eigenvalue weighted by atomic mass is 16.3. The van der Waals surface area contributed by atoms with E-state index in [1.807, 2.05) is 0 Å². The molecule has 4 unspecified atom stereocenters. The first kappa shape index (κ1) is 17.2. The van der Waals surface area contributed by atoms with Crippen LogP contribution < -0.4 is 0 Å². The lowest BCUT2D eigenvalue weighted by Gasteiger charge is -2.64. The summed E-state index contributed by atoms with van der Waals surface area (Å²) in [5, 5.41) is 52.9. The Balaban J connectivity index is 1.74. The van der Waals surface area contributed by atoms with Crippen molar-refractivity contribution in [1.29, 1.82) is 0 Å². The normalized spacial score (nSPS) is 63.4. The van der Waals surface area contributed by atoms with Crippen molar-refractivity contribution in [3.05, 3.63) is 0 Å². The van der Waals surface area contributed by atoms with Gasteiger partial charge >= 0.3 is 0 Å². The third-order valence-corrected chi connectivity index (χ3v) is 8.74. The van der Waals surface area contributed by atoms with Gasteiger partial charge in [0, 0.05) is 5.92 Å². The first-order valence-electron chi connectivity index (χ1n) is 9.62. The molecule has 0 radical (unpaired) electrons. The zero-order valence-corrected chi connectivity index (χ0v) is 14.7. The maximum absolute atomic E-state index is 11.0. The van der Waals surface area contributed by atoms with Crippen LogP contribution >= 0.6 is 0 Å². The molecule has 0 aromatic carbocycles. The van der Waals surface area contributed by atoms with Gasteiger partial charge in [-0.05, 0) is 67.1 Å². The van der Waals surface area contributed by atoms with Crippen molar-refractivity contribution in [2.75, 3.05) is 0 Å². The number of aliphatic hydroxyl groups is 5. The Bertz CT molecular complexity index is 512. The Labute approximate surface area is 143 Å². The average Bonchev–Trinajstić information content (AvgIpc) is 2.84. The number of fused-ring (bicyclic) bond motifs is 5. The third-order valence-electron chi connectivity index (χ3n) is 8.74. The number of rotatable bonds is 0. The van der Waals surface area contributed by atoms with Crippen molar-refractivity contribution >= 4 is 0 Å². The molecule has 0 aliphatic heterocycles. The Morgan fingerprint density at radius 3 is 2.00 bits per heavy atom. The van der Waals surface area contributed by atoms with Crippen LogP contribution in [0.15, 0.2) is 0 Å². The molecule has 5 heteroatoms. The first-order valence-corrected chi connectivity index (χ1v) is 9.62. The van der Waals surface area contributed by atoms with Gasteiger partial charge in [-0.1, -0.05) is 13.8 Å². The number of aliphatic hydroxyl groups excluding tert-OH is 5. The van der Waals surface area contributed by atoms with Gasteiger partial charge in [-0.3, -0.25) is 0 Å². The number of hydrogen-bond acceptors (Lipinski definition) is 5. The predicted molar refractivity (Wildman–Crippen MR) is 87.9 cm³/mol. The van der Waals surface area contributed by atoms with Gasteiger partial charge in [0.05, 0.1) is 30.5 Å². The third kappa shape index (κ3) is 1.99. The molecule has 0 amide bonds. The second-order valence-electron chi connectivity index (χ2n) is 9.54. The van der Waals surface area contributed by atoms with Crippen LogP contribution in [-0.2, 0) is 0 Å². The molecule has 24 heavy (non-hydrogen) atoms. The van der Waals surface area contributed by atoms with Gasteiger partial charge in [-0.2, -0.15) is 0 Å². The smallest absolute Gasteiger partial charge is 0.0861 e. The van der Waals surface area contributed by atoms with Crippen LogP contribution in [0.5, 0.6) is 0 Å². The molecule has 5 nitrogen and oxygen atoms in total. The Morgan fingerprint density at radius 1 is 0.667 bits per heavy atom. The molecular weight excluding hydrogens is 308 g/mol. The van der Waals surface area contributed by atoms with E-state index < -0.39 is 30.3 Å². The standard InChI is InChI=1S/C19H32O5/c1-18-7-5-10-13(9(18)3-4-12(18)21)16(23)17(24)14-15(22)11(20)6-8-19(10,14)2/h9-17,20-24H,3-8H2,1-2H3/t9?,10?,11-,12+,13?,14?,15+,16-,17-,18+,19-/m1/s1. The van der Waals surface area contributed by atoms with Crippen LogP contribution in [0.1, 0.15) is 52.4 Å². The van der Waals surface area contributed by atoms with Gasteiger partial charge in [-0.15, -0.1) is 0 Å². The highest BCUT2D eigenvalue weighted by Gasteiger charge is 2.66. The highest BCUT2D eigenvalue weighted by molar-refractivity contribution is 5.15. The summed E-state index contributed by atoms with van der Waals surface area (Å²) in [6.45, 7) is 4.27. The molecule has 11 atom stereocenters. The number of hydrogen-bond donors (Lipinski definition) is 5. The van der Waals surface area contributed by atoms with E-state index in [1.54, 1.807) is 0 Å². The summed E-state index contributed by atoms with van der Waals surface area (Å²) in [6, 6.07) is 0. The molecule has 138 valence electrons. The van der Waals surface area contributed by atoms with Gasteiger partial charge < -0.3 is 25.5 Å². The molecule has 4 aliphatic rings. The highest BCUT2D eigenvalue weighted by Crippen LogP contribution is 2.66. The molecule has 0 heterocycles. The van der Waals surface area contributed by atoms with Crippen LogP contribution in [0, 0.1) is 34.5 Å². The molecular formula is C19H32O5. The van der Waals surface area contributed by atoms with E-state index >= 15 is 0 Å². The van der Waals surface area contributed by atoms with E-state index in [-0.39, 0.29) is 34.7 Å². The monoisotopic (exact) mass is 340 g/mol. The molecule has 4 saturated carbocycles. The van der Waals surface area contributed by atoms with Crippen molar-refractivity contribution < 1.29 is 25.5 Å². The van der Waals surface area contributed by atoms with Crippen LogP contribution in [0.2, 0.25) is 0 Å². The summed E-state index contributed by atoms with van der Waals surface area (Å²) in [7, 11) is 0. The first-order chi connectivity index (χ1) is 11.2. The summed E-state index contributed by atoms with van der Waals surface area (Å²) in [5.74, 6) is -0.0585. The van der Waals surface area contributed by atoms with Crippen molar-refractivity contribution in [3.63, 3.8) is 0 Å². The summed E-state index contributed by atoms with van der Waals surface area (Å²) in [6.07, 6.45) is 0.820. The molecule has 0 spiro atoms. The Kier molecular flexibility index (Phi) is 3.87. The maximum atomic E-state index is 11.0. The Hall–Kier alpha value is -0.200. The van der Waals surface area contributed by atoms with Crippen LogP contribution in [-0.4, -0.2) is 56.1 Å². The summed E-state index contributed by atoms with van der Waals surface area (Å²) < 4.78 is 0. The van der Waals surface area contributed by atoms with Crippen LogP contribution in [0.3, 0.4) is 0 Å². The largest absolute Gasteiger partial charge is 0.393 e. The quantitative estimate of drug-likeness (QED) is 0.446. The topological polar surface area (TPSA) is 101 Å². The molecule has 4 rings (SSSR count). The minimum atomic E-state index is -1.01. The minimum absolute atomic E-state index is 0.0282. The lowest BCUT2D eigenvalue weighted by molar-refractivity contribution is -0.252. The van der Waals surface area contributed by atoms with Crippen LogP contribution in [0.4, 0.5) is 0 Å². The van der Waals surface area contributed by atoms with E-state index in [0.29, 0.717) is 6.42 Å². The van der Waals surface area contributed by atoms with E-state index in [0.717, 1.165) is 32.1 Å². The summed E-state index contributed by atoms with van der Waals surface area (Å²) in [4.78, 5) is 0. The van der Waals surface area contributed by atoms with Gasteiger partial charge in [0.2, 0.25) is 0 Å². The van der Waals surface area contributed by atoms with E-state index in [1.165, 1.54) is 0 Å². The van der Waals surface area contributed by atoms with Gasteiger partial charge in [-0.25, -0.2) is 0 Å². The molecule has 0 aromatic heterocycles.